The van der Waals surface area contributed by atoms with Crippen molar-refractivity contribution in [1.82, 2.24) is 25.4 Å². The zero-order valence-corrected chi connectivity index (χ0v) is 10.1. The SMILES string of the molecule is COC(CNC(=O)NCc1ncn(C)n1)C(=O)O. The van der Waals surface area contributed by atoms with Gasteiger partial charge in [0.1, 0.15) is 6.33 Å². The number of urea groups is 1. The molecule has 0 fully saturated rings. The number of carboxylic acid groups (broad SMARTS) is 1. The molecule has 0 aliphatic carbocycles. The molecule has 0 aromatic carbocycles. The normalized spacial score (nSPS) is 11.9. The highest BCUT2D eigenvalue weighted by Gasteiger charge is 2.16. The van der Waals surface area contributed by atoms with Crippen molar-refractivity contribution in [1.29, 1.82) is 0 Å². The van der Waals surface area contributed by atoms with E-state index in [0.717, 1.165) is 0 Å². The van der Waals surface area contributed by atoms with Crippen LogP contribution in [-0.2, 0) is 23.1 Å². The van der Waals surface area contributed by atoms with Gasteiger partial charge in [-0.25, -0.2) is 14.6 Å². The van der Waals surface area contributed by atoms with Gasteiger partial charge in [0.15, 0.2) is 11.9 Å². The molecule has 0 saturated heterocycles. The van der Waals surface area contributed by atoms with Crippen molar-refractivity contribution in [3.8, 4) is 0 Å². The number of ether oxygens (including phenoxy) is 1. The van der Waals surface area contributed by atoms with E-state index >= 15 is 0 Å². The second-order valence-corrected chi connectivity index (χ2v) is 3.46. The smallest absolute Gasteiger partial charge is 0.334 e. The molecular weight excluding hydrogens is 242 g/mol. The number of hydrogen-bond acceptors (Lipinski definition) is 5. The van der Waals surface area contributed by atoms with Crippen LogP contribution < -0.4 is 10.6 Å². The number of nitrogens with zero attached hydrogens (tertiary/aromatic N) is 3. The summed E-state index contributed by atoms with van der Waals surface area (Å²) in [5.41, 5.74) is 0. The van der Waals surface area contributed by atoms with Gasteiger partial charge in [0, 0.05) is 14.2 Å². The Morgan fingerprint density at radius 3 is 2.78 bits per heavy atom. The molecule has 1 atom stereocenters. The number of rotatable bonds is 6. The summed E-state index contributed by atoms with van der Waals surface area (Å²) in [6.07, 6.45) is 0.448. The molecule has 9 nitrogen and oxygen atoms in total. The van der Waals surface area contributed by atoms with Gasteiger partial charge in [0.05, 0.1) is 13.1 Å². The molecule has 0 spiro atoms. The first kappa shape index (κ1) is 13.9. The van der Waals surface area contributed by atoms with Crippen LogP contribution in [0.5, 0.6) is 0 Å². The van der Waals surface area contributed by atoms with Crippen LogP contribution in [0, 0.1) is 0 Å². The number of methoxy groups -OCH3 is 1. The highest BCUT2D eigenvalue weighted by molar-refractivity contribution is 5.76. The first-order valence-electron chi connectivity index (χ1n) is 5.14. The maximum absolute atomic E-state index is 11.3. The third-order valence-corrected chi connectivity index (χ3v) is 2.06. The molecule has 18 heavy (non-hydrogen) atoms. The van der Waals surface area contributed by atoms with Crippen molar-refractivity contribution >= 4 is 12.0 Å². The Morgan fingerprint density at radius 2 is 2.28 bits per heavy atom. The minimum absolute atomic E-state index is 0.118. The molecular formula is C9H15N5O4. The Kier molecular flexibility index (Phi) is 5.06. The molecule has 2 amide bonds. The highest BCUT2D eigenvalue weighted by Crippen LogP contribution is 1.89. The fraction of sp³-hybridized carbons (Fsp3) is 0.556. The van der Waals surface area contributed by atoms with Gasteiger partial charge in [0.2, 0.25) is 0 Å². The minimum atomic E-state index is -1.14. The first-order chi connectivity index (χ1) is 8.52. The van der Waals surface area contributed by atoms with Crippen LogP contribution in [0.25, 0.3) is 0 Å². The van der Waals surface area contributed by atoms with Crippen molar-refractivity contribution in [2.75, 3.05) is 13.7 Å². The average Bonchev–Trinajstić information content (AvgIpc) is 2.73. The number of carbonyl (C=O) groups is 2. The maximum atomic E-state index is 11.3. The lowest BCUT2D eigenvalue weighted by atomic mass is 10.3. The first-order valence-corrected chi connectivity index (χ1v) is 5.14. The van der Waals surface area contributed by atoms with E-state index in [4.69, 9.17) is 5.11 Å². The molecule has 1 unspecified atom stereocenters. The van der Waals surface area contributed by atoms with E-state index in [2.05, 4.69) is 25.5 Å². The molecule has 1 rings (SSSR count). The fourth-order valence-electron chi connectivity index (χ4n) is 1.14. The Morgan fingerprint density at radius 1 is 1.56 bits per heavy atom. The second-order valence-electron chi connectivity index (χ2n) is 3.46. The summed E-state index contributed by atoms with van der Waals surface area (Å²) in [7, 11) is 2.97. The van der Waals surface area contributed by atoms with Crippen molar-refractivity contribution < 1.29 is 19.4 Å². The van der Waals surface area contributed by atoms with Crippen molar-refractivity contribution in [2.24, 2.45) is 7.05 Å². The van der Waals surface area contributed by atoms with Gasteiger partial charge < -0.3 is 20.5 Å². The maximum Gasteiger partial charge on any atom is 0.334 e. The van der Waals surface area contributed by atoms with Crippen LogP contribution in [0.2, 0.25) is 0 Å². The van der Waals surface area contributed by atoms with Gasteiger partial charge in [0.25, 0.3) is 0 Å². The van der Waals surface area contributed by atoms with E-state index in [1.54, 1.807) is 7.05 Å². The number of aromatic nitrogens is 3. The van der Waals surface area contributed by atoms with Crippen molar-refractivity contribution in [2.45, 2.75) is 12.6 Å². The van der Waals surface area contributed by atoms with Crippen LogP contribution >= 0.6 is 0 Å². The predicted molar refractivity (Wildman–Crippen MR) is 59.7 cm³/mol. The summed E-state index contributed by atoms with van der Waals surface area (Å²) in [6, 6.07) is -0.509. The number of aryl methyl sites for hydroxylation is 1. The van der Waals surface area contributed by atoms with E-state index in [-0.39, 0.29) is 13.1 Å². The minimum Gasteiger partial charge on any atom is -0.479 e. The number of carboxylic acids is 1. The Hall–Kier alpha value is -2.16. The molecule has 1 aromatic rings. The number of amides is 2. The summed E-state index contributed by atoms with van der Waals surface area (Å²) in [5, 5.41) is 17.5. The molecule has 1 heterocycles. The summed E-state index contributed by atoms with van der Waals surface area (Å²) in [5.74, 6) is -0.668. The molecule has 1 aromatic heterocycles. The number of carbonyl (C=O) groups excluding carboxylic acids is 1. The third-order valence-electron chi connectivity index (χ3n) is 2.06. The fourth-order valence-corrected chi connectivity index (χ4v) is 1.14. The number of aliphatic carboxylic acids is 1. The second kappa shape index (κ2) is 6.55. The van der Waals surface area contributed by atoms with Gasteiger partial charge in [-0.15, -0.1) is 0 Å². The van der Waals surface area contributed by atoms with Crippen LogP contribution in [0.3, 0.4) is 0 Å². The molecule has 0 radical (unpaired) electrons. The number of nitrogens with one attached hydrogen (secondary N) is 2. The molecule has 0 saturated carbocycles. The quantitative estimate of drug-likeness (QED) is 0.583. The van der Waals surface area contributed by atoms with E-state index in [9.17, 15) is 9.59 Å². The summed E-state index contributed by atoms with van der Waals surface area (Å²) in [6.45, 7) is 0.0463. The topological polar surface area (TPSA) is 118 Å². The zero-order chi connectivity index (χ0) is 13.5. The lowest BCUT2D eigenvalue weighted by Gasteiger charge is -2.11. The van der Waals surface area contributed by atoms with E-state index in [0.29, 0.717) is 5.82 Å². The lowest BCUT2D eigenvalue weighted by molar-refractivity contribution is -0.147. The van der Waals surface area contributed by atoms with Crippen molar-refractivity contribution in [3.05, 3.63) is 12.2 Å². The Labute approximate surface area is 103 Å². The standard InChI is InChI=1S/C9H15N5O4/c1-14-5-12-7(13-14)4-11-9(17)10-3-6(18-2)8(15)16/h5-6H,3-4H2,1-2H3,(H,15,16)(H2,10,11,17). The average molecular weight is 257 g/mol. The van der Waals surface area contributed by atoms with Crippen LogP contribution in [0.1, 0.15) is 5.82 Å². The van der Waals surface area contributed by atoms with Gasteiger partial charge in [-0.3, -0.25) is 4.68 Å². The molecule has 0 bridgehead atoms. The lowest BCUT2D eigenvalue weighted by Crippen LogP contribution is -2.42. The Bertz CT molecular complexity index is 419. The van der Waals surface area contributed by atoms with Gasteiger partial charge >= 0.3 is 12.0 Å². The van der Waals surface area contributed by atoms with Crippen LogP contribution in [0.4, 0.5) is 4.79 Å². The van der Waals surface area contributed by atoms with E-state index in [1.807, 2.05) is 0 Å². The Balaban J connectivity index is 2.27. The van der Waals surface area contributed by atoms with Gasteiger partial charge in [-0.1, -0.05) is 0 Å². The van der Waals surface area contributed by atoms with Gasteiger partial charge in [-0.2, -0.15) is 5.10 Å². The predicted octanol–water partition coefficient (Wildman–Crippen LogP) is -1.29. The summed E-state index contributed by atoms with van der Waals surface area (Å²) < 4.78 is 6.17. The molecule has 0 aliphatic heterocycles. The molecule has 100 valence electrons. The van der Waals surface area contributed by atoms with Gasteiger partial charge in [-0.05, 0) is 0 Å². The van der Waals surface area contributed by atoms with E-state index < -0.39 is 18.1 Å². The van der Waals surface area contributed by atoms with Crippen LogP contribution in [0.15, 0.2) is 6.33 Å². The van der Waals surface area contributed by atoms with Crippen molar-refractivity contribution in [3.63, 3.8) is 0 Å². The largest absolute Gasteiger partial charge is 0.479 e. The van der Waals surface area contributed by atoms with E-state index in [1.165, 1.54) is 18.1 Å². The molecule has 9 heteroatoms. The summed E-state index contributed by atoms with van der Waals surface area (Å²) in [4.78, 5) is 25.9. The summed E-state index contributed by atoms with van der Waals surface area (Å²) >= 11 is 0. The molecule has 0 aliphatic rings. The number of hydrogen-bond donors (Lipinski definition) is 3. The highest BCUT2D eigenvalue weighted by atomic mass is 16.5. The van der Waals surface area contributed by atoms with Crippen LogP contribution in [-0.4, -0.2) is 51.6 Å². The third kappa shape index (κ3) is 4.37. The molecule has 3 N–H and O–H groups in total. The zero-order valence-electron chi connectivity index (χ0n) is 10.1. The monoisotopic (exact) mass is 257 g/mol.